The summed E-state index contributed by atoms with van der Waals surface area (Å²) in [6, 6.07) is 11.4. The zero-order chi connectivity index (χ0) is 29.2. The molecule has 0 atom stereocenters. The number of nitro benzene ring substituents is 1. The lowest BCUT2D eigenvalue weighted by Crippen LogP contribution is -2.09. The minimum absolute atomic E-state index is 0.0885. The van der Waals surface area contributed by atoms with E-state index in [1.165, 1.54) is 58.8 Å². The number of carbonyl (C=O) groups is 1. The van der Waals surface area contributed by atoms with Crippen molar-refractivity contribution in [1.82, 2.24) is 0 Å². The van der Waals surface area contributed by atoms with Gasteiger partial charge in [0.2, 0.25) is 11.7 Å². The number of methoxy groups -OCH3 is 6. The van der Waals surface area contributed by atoms with Crippen molar-refractivity contribution < 1.29 is 38.1 Å². The number of nitrogens with one attached hydrogen (secondary N) is 1. The summed E-state index contributed by atoms with van der Waals surface area (Å²) in [7, 11) is 8.93. The van der Waals surface area contributed by atoms with Crippen molar-refractivity contribution in [2.75, 3.05) is 48.0 Å². The highest BCUT2D eigenvalue weighted by Crippen LogP contribution is 2.40. The molecule has 40 heavy (non-hydrogen) atoms. The van der Waals surface area contributed by atoms with E-state index in [4.69, 9.17) is 28.4 Å². The molecule has 3 aromatic rings. The van der Waals surface area contributed by atoms with E-state index < -0.39 is 10.8 Å². The Bertz CT molecular complexity index is 1420. The molecular formula is C29H30N2O9. The zero-order valence-electron chi connectivity index (χ0n) is 23.0. The van der Waals surface area contributed by atoms with Gasteiger partial charge in [0.15, 0.2) is 28.7 Å². The molecule has 210 valence electrons. The Balaban J connectivity index is 1.89. The number of amides is 1. The number of ether oxygens (including phenoxy) is 6. The third-order valence-corrected chi connectivity index (χ3v) is 5.74. The molecule has 0 aliphatic rings. The molecule has 3 rings (SSSR count). The lowest BCUT2D eigenvalue weighted by molar-refractivity contribution is -0.385. The van der Waals surface area contributed by atoms with Crippen LogP contribution in [0.4, 0.5) is 11.4 Å². The first-order chi connectivity index (χ1) is 19.3. The van der Waals surface area contributed by atoms with Crippen molar-refractivity contribution in [3.8, 4) is 34.5 Å². The van der Waals surface area contributed by atoms with Crippen LogP contribution in [0.1, 0.15) is 16.7 Å². The maximum atomic E-state index is 12.8. The second-order valence-electron chi connectivity index (χ2n) is 8.11. The van der Waals surface area contributed by atoms with Crippen LogP contribution in [0.25, 0.3) is 18.2 Å². The first-order valence-electron chi connectivity index (χ1n) is 11.8. The number of hydrogen-bond donors (Lipinski definition) is 1. The van der Waals surface area contributed by atoms with Crippen LogP contribution in [-0.2, 0) is 4.79 Å². The smallest absolute Gasteiger partial charge is 0.310 e. The molecule has 0 saturated heterocycles. The maximum Gasteiger partial charge on any atom is 0.310 e. The Labute approximate surface area is 231 Å². The molecule has 1 amide bonds. The first-order valence-corrected chi connectivity index (χ1v) is 11.8. The van der Waals surface area contributed by atoms with E-state index in [0.717, 1.165) is 5.56 Å². The fraction of sp³-hybridized carbons (Fsp3) is 0.207. The molecule has 0 unspecified atom stereocenters. The summed E-state index contributed by atoms with van der Waals surface area (Å²) in [6.45, 7) is 0. The van der Waals surface area contributed by atoms with E-state index in [1.807, 2.05) is 12.2 Å². The highest BCUT2D eigenvalue weighted by Gasteiger charge is 2.16. The van der Waals surface area contributed by atoms with Crippen LogP contribution in [0.3, 0.4) is 0 Å². The van der Waals surface area contributed by atoms with Gasteiger partial charge >= 0.3 is 5.69 Å². The lowest BCUT2D eigenvalue weighted by Gasteiger charge is -2.14. The van der Waals surface area contributed by atoms with Gasteiger partial charge in [0.25, 0.3) is 0 Å². The van der Waals surface area contributed by atoms with Crippen LogP contribution in [0.15, 0.2) is 48.5 Å². The summed E-state index contributed by atoms with van der Waals surface area (Å²) in [6.07, 6.45) is 6.49. The highest BCUT2D eigenvalue weighted by molar-refractivity contribution is 6.03. The summed E-state index contributed by atoms with van der Waals surface area (Å²) in [5, 5.41) is 13.9. The molecule has 11 nitrogen and oxygen atoms in total. The number of hydrogen-bond acceptors (Lipinski definition) is 9. The second-order valence-corrected chi connectivity index (χ2v) is 8.11. The van der Waals surface area contributed by atoms with E-state index >= 15 is 0 Å². The van der Waals surface area contributed by atoms with Gasteiger partial charge in [0.1, 0.15) is 0 Å². The zero-order valence-corrected chi connectivity index (χ0v) is 23.0. The van der Waals surface area contributed by atoms with Gasteiger partial charge < -0.3 is 33.7 Å². The molecule has 3 aromatic carbocycles. The molecule has 1 N–H and O–H groups in total. The normalized spacial score (nSPS) is 10.8. The van der Waals surface area contributed by atoms with Crippen LogP contribution >= 0.6 is 0 Å². The summed E-state index contributed by atoms with van der Waals surface area (Å²) >= 11 is 0. The van der Waals surface area contributed by atoms with Gasteiger partial charge in [-0.15, -0.1) is 0 Å². The monoisotopic (exact) mass is 550 g/mol. The van der Waals surface area contributed by atoms with Crippen LogP contribution in [0, 0.1) is 10.1 Å². The average molecular weight is 551 g/mol. The quantitative estimate of drug-likeness (QED) is 0.135. The Kier molecular flexibility index (Phi) is 9.95. The Hall–Kier alpha value is -5.19. The van der Waals surface area contributed by atoms with Gasteiger partial charge in [-0.1, -0.05) is 12.2 Å². The Morgan fingerprint density at radius 3 is 1.68 bits per heavy atom. The van der Waals surface area contributed by atoms with Gasteiger partial charge in [-0.25, -0.2) is 0 Å². The second kappa shape index (κ2) is 13.6. The molecule has 0 aliphatic carbocycles. The predicted molar refractivity (Wildman–Crippen MR) is 152 cm³/mol. The molecule has 0 radical (unpaired) electrons. The Morgan fingerprint density at radius 2 is 1.18 bits per heavy atom. The molecular weight excluding hydrogens is 520 g/mol. The van der Waals surface area contributed by atoms with E-state index in [9.17, 15) is 14.9 Å². The number of anilines is 1. The van der Waals surface area contributed by atoms with Crippen molar-refractivity contribution in [3.63, 3.8) is 0 Å². The fourth-order valence-electron chi connectivity index (χ4n) is 3.86. The summed E-state index contributed by atoms with van der Waals surface area (Å²) < 4.78 is 32.3. The fourth-order valence-corrected chi connectivity index (χ4v) is 3.86. The summed E-state index contributed by atoms with van der Waals surface area (Å²) in [5.41, 5.74) is 2.26. The third kappa shape index (κ3) is 6.81. The molecule has 0 aliphatic heterocycles. The SMILES string of the molecule is COc1cc(/C=C/C(=O)Nc2cc(C=Cc3cc(OC)c(OC)c(OC)c3)cc(OC)c2OC)ccc1[N+](=O)[O-]. The minimum atomic E-state index is -0.540. The van der Waals surface area contributed by atoms with E-state index in [2.05, 4.69) is 5.32 Å². The van der Waals surface area contributed by atoms with Crippen LogP contribution in [0.2, 0.25) is 0 Å². The minimum Gasteiger partial charge on any atom is -0.493 e. The first kappa shape index (κ1) is 29.4. The van der Waals surface area contributed by atoms with Gasteiger partial charge in [-0.05, 0) is 59.2 Å². The van der Waals surface area contributed by atoms with Gasteiger partial charge in [0, 0.05) is 12.1 Å². The van der Waals surface area contributed by atoms with Gasteiger partial charge in [0.05, 0.1) is 53.3 Å². The van der Waals surface area contributed by atoms with Crippen LogP contribution in [-0.4, -0.2) is 53.5 Å². The number of benzene rings is 3. The van der Waals surface area contributed by atoms with Gasteiger partial charge in [-0.3, -0.25) is 14.9 Å². The van der Waals surface area contributed by atoms with E-state index in [0.29, 0.717) is 45.6 Å². The van der Waals surface area contributed by atoms with Crippen LogP contribution in [0.5, 0.6) is 34.5 Å². The number of carbonyl (C=O) groups excluding carboxylic acids is 1. The van der Waals surface area contributed by atoms with Crippen LogP contribution < -0.4 is 33.7 Å². The summed E-state index contributed by atoms with van der Waals surface area (Å²) in [5.74, 6) is 1.89. The molecule has 0 saturated carbocycles. The topological polar surface area (TPSA) is 128 Å². The standard InChI is InChI=1S/C29H30N2O9/c1-35-23-14-18(9-11-22(23)31(33)34)10-12-27(32)30-21-13-19(15-24(36-2)28(21)39-5)7-8-20-16-25(37-3)29(40-6)26(17-20)38-4/h7-17H,1-6H3,(H,30,32)/b8-7?,12-10+. The van der Waals surface area contributed by atoms with Crippen molar-refractivity contribution in [2.24, 2.45) is 0 Å². The van der Waals surface area contributed by atoms with E-state index in [1.54, 1.807) is 38.5 Å². The molecule has 0 heterocycles. The van der Waals surface area contributed by atoms with Crippen molar-refractivity contribution >= 4 is 35.5 Å². The Morgan fingerprint density at radius 1 is 0.675 bits per heavy atom. The number of nitrogens with zero attached hydrogens (tertiary/aromatic N) is 1. The number of nitro groups is 1. The van der Waals surface area contributed by atoms with Crippen molar-refractivity contribution in [2.45, 2.75) is 0 Å². The maximum absolute atomic E-state index is 12.8. The third-order valence-electron chi connectivity index (χ3n) is 5.74. The van der Waals surface area contributed by atoms with Crippen molar-refractivity contribution in [1.29, 1.82) is 0 Å². The number of rotatable bonds is 12. The predicted octanol–water partition coefficient (Wildman–Crippen LogP) is 5.47. The lowest BCUT2D eigenvalue weighted by atomic mass is 10.1. The summed E-state index contributed by atoms with van der Waals surface area (Å²) in [4.78, 5) is 23.4. The van der Waals surface area contributed by atoms with E-state index in [-0.39, 0.29) is 11.4 Å². The molecule has 0 spiro atoms. The van der Waals surface area contributed by atoms with Gasteiger partial charge in [-0.2, -0.15) is 0 Å². The largest absolute Gasteiger partial charge is 0.493 e. The van der Waals surface area contributed by atoms with Crippen molar-refractivity contribution in [3.05, 3.63) is 75.3 Å². The molecule has 0 fully saturated rings. The highest BCUT2D eigenvalue weighted by atomic mass is 16.6. The molecule has 0 bridgehead atoms. The average Bonchev–Trinajstić information content (AvgIpc) is 2.97. The molecule has 0 aromatic heterocycles. The molecule has 11 heteroatoms.